The molecule has 2 aromatic carbocycles. The lowest BCUT2D eigenvalue weighted by atomic mass is 10.0. The Bertz CT molecular complexity index is 854. The van der Waals surface area contributed by atoms with Crippen LogP contribution in [-0.4, -0.2) is 32.4 Å². The van der Waals surface area contributed by atoms with Crippen LogP contribution in [0.25, 0.3) is 0 Å². The molecule has 28 heavy (non-hydrogen) atoms. The first-order chi connectivity index (χ1) is 13.4. The van der Waals surface area contributed by atoms with Crippen LogP contribution in [0.15, 0.2) is 36.4 Å². The molecule has 7 heteroatoms. The minimum Gasteiger partial charge on any atom is -0.493 e. The number of esters is 1. The van der Waals surface area contributed by atoms with E-state index in [4.69, 9.17) is 26.4 Å². The number of methoxy groups -OCH3 is 3. The van der Waals surface area contributed by atoms with E-state index in [1.165, 1.54) is 7.11 Å². The second-order valence-electron chi connectivity index (χ2n) is 6.19. The van der Waals surface area contributed by atoms with E-state index in [0.717, 1.165) is 23.2 Å². The number of nitrogens with one attached hydrogen (secondary N) is 2. The molecule has 6 nitrogen and oxygen atoms in total. The number of thiocarbonyl (C=S) groups is 1. The lowest BCUT2D eigenvalue weighted by molar-refractivity contribution is 0.0601. The van der Waals surface area contributed by atoms with E-state index >= 15 is 0 Å². The summed E-state index contributed by atoms with van der Waals surface area (Å²) in [5.74, 6) is 0.955. The number of hydrogen-bond donors (Lipinski definition) is 2. The Morgan fingerprint density at radius 1 is 1.07 bits per heavy atom. The standard InChI is InChI=1S/C21H26N2O4S/c1-6-16(14-9-10-18(25-3)19(12-14)26-4)22-21(28)23-17-11-15(20(24)27-5)8-7-13(17)2/h7-12,16H,6H2,1-5H3,(H2,22,23,28)/t16-/m1/s1. The molecule has 0 saturated carbocycles. The van der Waals surface area contributed by atoms with Crippen molar-refractivity contribution in [1.82, 2.24) is 5.32 Å². The summed E-state index contributed by atoms with van der Waals surface area (Å²) in [6, 6.07) is 11.1. The van der Waals surface area contributed by atoms with Crippen LogP contribution in [0.4, 0.5) is 5.69 Å². The van der Waals surface area contributed by atoms with Crippen LogP contribution in [0.5, 0.6) is 11.5 Å². The number of rotatable bonds is 7. The van der Waals surface area contributed by atoms with Gasteiger partial charge in [0.1, 0.15) is 0 Å². The van der Waals surface area contributed by atoms with Crippen LogP contribution in [0.3, 0.4) is 0 Å². The van der Waals surface area contributed by atoms with E-state index in [2.05, 4.69) is 17.6 Å². The third-order valence-electron chi connectivity index (χ3n) is 4.43. The molecule has 2 N–H and O–H groups in total. The number of carbonyl (C=O) groups is 1. The van der Waals surface area contributed by atoms with E-state index in [-0.39, 0.29) is 6.04 Å². The van der Waals surface area contributed by atoms with Crippen LogP contribution < -0.4 is 20.1 Å². The largest absolute Gasteiger partial charge is 0.493 e. The molecule has 2 rings (SSSR count). The lowest BCUT2D eigenvalue weighted by Gasteiger charge is -2.22. The van der Waals surface area contributed by atoms with Gasteiger partial charge in [-0.1, -0.05) is 19.1 Å². The Morgan fingerprint density at radius 2 is 1.79 bits per heavy atom. The van der Waals surface area contributed by atoms with Gasteiger partial charge in [-0.05, 0) is 61.0 Å². The van der Waals surface area contributed by atoms with Gasteiger partial charge in [-0.3, -0.25) is 0 Å². The molecule has 0 heterocycles. The van der Waals surface area contributed by atoms with Gasteiger partial charge in [0, 0.05) is 5.69 Å². The first-order valence-corrected chi connectivity index (χ1v) is 9.32. The summed E-state index contributed by atoms with van der Waals surface area (Å²) in [6.07, 6.45) is 0.818. The van der Waals surface area contributed by atoms with Crippen molar-refractivity contribution in [2.24, 2.45) is 0 Å². The third kappa shape index (κ3) is 5.13. The lowest BCUT2D eigenvalue weighted by Crippen LogP contribution is -2.32. The van der Waals surface area contributed by atoms with Crippen LogP contribution in [0.1, 0.15) is 40.9 Å². The summed E-state index contributed by atoms with van der Waals surface area (Å²) in [4.78, 5) is 11.8. The zero-order chi connectivity index (χ0) is 20.7. The monoisotopic (exact) mass is 402 g/mol. The summed E-state index contributed by atoms with van der Waals surface area (Å²) in [7, 11) is 4.58. The van der Waals surface area contributed by atoms with Gasteiger partial charge < -0.3 is 24.8 Å². The van der Waals surface area contributed by atoms with Gasteiger partial charge in [-0.25, -0.2) is 4.79 Å². The van der Waals surface area contributed by atoms with Gasteiger partial charge in [-0.2, -0.15) is 0 Å². The van der Waals surface area contributed by atoms with Crippen LogP contribution in [0.2, 0.25) is 0 Å². The van der Waals surface area contributed by atoms with Crippen molar-refractivity contribution in [2.45, 2.75) is 26.3 Å². The van der Waals surface area contributed by atoms with Crippen molar-refractivity contribution in [2.75, 3.05) is 26.6 Å². The number of aryl methyl sites for hydroxylation is 1. The van der Waals surface area contributed by atoms with Gasteiger partial charge in [0.05, 0.1) is 32.9 Å². The Labute approximate surface area is 171 Å². The highest BCUT2D eigenvalue weighted by Crippen LogP contribution is 2.31. The Kier molecular flexibility index (Phi) is 7.63. The van der Waals surface area contributed by atoms with Crippen molar-refractivity contribution in [3.63, 3.8) is 0 Å². The molecule has 0 radical (unpaired) electrons. The van der Waals surface area contributed by atoms with E-state index in [9.17, 15) is 4.79 Å². The summed E-state index contributed by atoms with van der Waals surface area (Å²) >= 11 is 5.49. The van der Waals surface area contributed by atoms with Crippen LogP contribution >= 0.6 is 12.2 Å². The van der Waals surface area contributed by atoms with E-state index < -0.39 is 5.97 Å². The smallest absolute Gasteiger partial charge is 0.337 e. The maximum Gasteiger partial charge on any atom is 0.337 e. The molecule has 0 fully saturated rings. The highest BCUT2D eigenvalue weighted by atomic mass is 32.1. The predicted octanol–water partition coefficient (Wildman–Crippen LogP) is 4.24. The molecule has 0 unspecified atom stereocenters. The molecule has 1 atom stereocenters. The van der Waals surface area contributed by atoms with Crippen molar-refractivity contribution in [3.8, 4) is 11.5 Å². The van der Waals surface area contributed by atoms with Gasteiger partial charge in [-0.15, -0.1) is 0 Å². The number of carbonyl (C=O) groups excluding carboxylic acids is 1. The molecular formula is C21H26N2O4S. The van der Waals surface area contributed by atoms with E-state index in [1.54, 1.807) is 26.4 Å². The van der Waals surface area contributed by atoms with Crippen molar-refractivity contribution >= 4 is 29.0 Å². The number of benzene rings is 2. The molecule has 0 spiro atoms. The minimum absolute atomic E-state index is 0.0103. The SMILES string of the molecule is CC[C@@H](NC(=S)Nc1cc(C(=O)OC)ccc1C)c1ccc(OC)c(OC)c1. The summed E-state index contributed by atoms with van der Waals surface area (Å²) in [5, 5.41) is 6.95. The maximum atomic E-state index is 11.8. The fourth-order valence-electron chi connectivity index (χ4n) is 2.81. The minimum atomic E-state index is -0.390. The number of hydrogen-bond acceptors (Lipinski definition) is 5. The van der Waals surface area contributed by atoms with E-state index in [0.29, 0.717) is 22.2 Å². The second-order valence-corrected chi connectivity index (χ2v) is 6.60. The third-order valence-corrected chi connectivity index (χ3v) is 4.65. The number of ether oxygens (including phenoxy) is 3. The molecule has 0 amide bonds. The summed E-state index contributed by atoms with van der Waals surface area (Å²) < 4.78 is 15.5. The Morgan fingerprint density at radius 3 is 2.39 bits per heavy atom. The molecule has 0 aliphatic rings. The summed E-state index contributed by atoms with van der Waals surface area (Å²) in [5.41, 5.74) is 3.22. The molecular weight excluding hydrogens is 376 g/mol. The second kappa shape index (κ2) is 9.94. The van der Waals surface area contributed by atoms with Crippen LogP contribution in [0, 0.1) is 6.92 Å². The zero-order valence-electron chi connectivity index (χ0n) is 16.8. The maximum absolute atomic E-state index is 11.8. The molecule has 150 valence electrons. The predicted molar refractivity (Wildman–Crippen MR) is 114 cm³/mol. The topological polar surface area (TPSA) is 68.8 Å². The molecule has 0 aromatic heterocycles. The first kappa shape index (κ1) is 21.5. The highest BCUT2D eigenvalue weighted by Gasteiger charge is 2.15. The Hall–Kier alpha value is -2.80. The van der Waals surface area contributed by atoms with Crippen molar-refractivity contribution < 1.29 is 19.0 Å². The fourth-order valence-corrected chi connectivity index (χ4v) is 3.06. The van der Waals surface area contributed by atoms with Crippen molar-refractivity contribution in [1.29, 1.82) is 0 Å². The zero-order valence-corrected chi connectivity index (χ0v) is 17.6. The molecule has 0 bridgehead atoms. The van der Waals surface area contributed by atoms with Gasteiger partial charge >= 0.3 is 5.97 Å². The highest BCUT2D eigenvalue weighted by molar-refractivity contribution is 7.80. The van der Waals surface area contributed by atoms with Crippen molar-refractivity contribution in [3.05, 3.63) is 53.1 Å². The number of anilines is 1. The Balaban J connectivity index is 2.16. The van der Waals surface area contributed by atoms with E-state index in [1.807, 2.05) is 31.2 Å². The molecule has 0 aliphatic carbocycles. The fraction of sp³-hybridized carbons (Fsp3) is 0.333. The summed E-state index contributed by atoms with van der Waals surface area (Å²) in [6.45, 7) is 4.01. The molecule has 0 saturated heterocycles. The quantitative estimate of drug-likeness (QED) is 0.530. The normalized spacial score (nSPS) is 11.3. The van der Waals surface area contributed by atoms with Gasteiger partial charge in [0.25, 0.3) is 0 Å². The molecule has 2 aromatic rings. The average molecular weight is 403 g/mol. The van der Waals surface area contributed by atoms with Crippen LogP contribution in [-0.2, 0) is 4.74 Å². The molecule has 0 aliphatic heterocycles. The first-order valence-electron chi connectivity index (χ1n) is 8.91. The van der Waals surface area contributed by atoms with Gasteiger partial charge in [0.15, 0.2) is 16.6 Å². The van der Waals surface area contributed by atoms with Gasteiger partial charge in [0.2, 0.25) is 0 Å². The average Bonchev–Trinajstić information content (AvgIpc) is 2.72.